The van der Waals surface area contributed by atoms with Gasteiger partial charge in [-0.2, -0.15) is 0 Å². The molecule has 2 amide bonds. The van der Waals surface area contributed by atoms with E-state index in [0.29, 0.717) is 29.5 Å². The normalized spacial score (nSPS) is 27.9. The summed E-state index contributed by atoms with van der Waals surface area (Å²) in [6.45, 7) is 2.75. The molecule has 0 aromatic heterocycles. The van der Waals surface area contributed by atoms with Crippen LogP contribution in [0, 0.1) is 17.8 Å². The summed E-state index contributed by atoms with van der Waals surface area (Å²) < 4.78 is 0. The summed E-state index contributed by atoms with van der Waals surface area (Å²) in [6, 6.07) is 6.88. The quantitative estimate of drug-likeness (QED) is 0.746. The molecule has 5 nitrogen and oxygen atoms in total. The SMILES string of the molecule is CCCNC(=O)c1cccc(C(=O)NC2C3CCC(C3)C2CO)c1. The fourth-order valence-electron chi connectivity index (χ4n) is 4.28. The van der Waals surface area contributed by atoms with E-state index in [-0.39, 0.29) is 30.4 Å². The van der Waals surface area contributed by atoms with Crippen LogP contribution in [0.3, 0.4) is 0 Å². The van der Waals surface area contributed by atoms with E-state index in [4.69, 9.17) is 0 Å². The lowest BCUT2D eigenvalue weighted by molar-refractivity contribution is 0.0861. The molecule has 2 fully saturated rings. The lowest BCUT2D eigenvalue weighted by atomic mass is 9.85. The molecule has 4 atom stereocenters. The summed E-state index contributed by atoms with van der Waals surface area (Å²) in [7, 11) is 0. The molecule has 0 aliphatic heterocycles. The van der Waals surface area contributed by atoms with Gasteiger partial charge in [0.05, 0.1) is 0 Å². The molecule has 130 valence electrons. The molecular weight excluding hydrogens is 304 g/mol. The van der Waals surface area contributed by atoms with E-state index >= 15 is 0 Å². The Morgan fingerprint density at radius 2 is 1.88 bits per heavy atom. The van der Waals surface area contributed by atoms with Gasteiger partial charge in [-0.3, -0.25) is 9.59 Å². The number of amides is 2. The van der Waals surface area contributed by atoms with Crippen molar-refractivity contribution < 1.29 is 14.7 Å². The Bertz CT molecular complexity index is 616. The molecule has 2 bridgehead atoms. The summed E-state index contributed by atoms with van der Waals surface area (Å²) in [4.78, 5) is 24.7. The van der Waals surface area contributed by atoms with Gasteiger partial charge in [0.15, 0.2) is 0 Å². The maximum atomic E-state index is 12.6. The molecule has 0 saturated heterocycles. The van der Waals surface area contributed by atoms with Crippen LogP contribution in [-0.2, 0) is 0 Å². The third-order valence-electron chi connectivity index (χ3n) is 5.52. The van der Waals surface area contributed by atoms with Crippen molar-refractivity contribution in [3.63, 3.8) is 0 Å². The van der Waals surface area contributed by atoms with Gasteiger partial charge in [-0.25, -0.2) is 0 Å². The zero-order valence-electron chi connectivity index (χ0n) is 14.1. The average Bonchev–Trinajstić information content (AvgIpc) is 3.21. The molecule has 4 unspecified atom stereocenters. The molecule has 0 heterocycles. The number of hydrogen-bond acceptors (Lipinski definition) is 3. The molecule has 3 rings (SSSR count). The molecule has 2 aliphatic rings. The van der Waals surface area contributed by atoms with Crippen LogP contribution in [0.2, 0.25) is 0 Å². The number of aliphatic hydroxyl groups excluding tert-OH is 1. The van der Waals surface area contributed by atoms with Gasteiger partial charge in [0.1, 0.15) is 0 Å². The first kappa shape index (κ1) is 17.0. The van der Waals surface area contributed by atoms with Crippen LogP contribution < -0.4 is 10.6 Å². The second-order valence-corrected chi connectivity index (χ2v) is 7.02. The molecule has 24 heavy (non-hydrogen) atoms. The lowest BCUT2D eigenvalue weighted by Crippen LogP contribution is -2.45. The molecule has 5 heteroatoms. The monoisotopic (exact) mass is 330 g/mol. The Morgan fingerprint density at radius 1 is 1.17 bits per heavy atom. The topological polar surface area (TPSA) is 78.4 Å². The smallest absolute Gasteiger partial charge is 0.251 e. The maximum Gasteiger partial charge on any atom is 0.251 e. The van der Waals surface area contributed by atoms with Crippen molar-refractivity contribution in [2.45, 2.75) is 38.6 Å². The van der Waals surface area contributed by atoms with E-state index in [2.05, 4.69) is 10.6 Å². The average molecular weight is 330 g/mol. The van der Waals surface area contributed by atoms with E-state index in [1.165, 1.54) is 0 Å². The molecule has 2 aliphatic carbocycles. The number of benzene rings is 1. The molecule has 1 aromatic carbocycles. The van der Waals surface area contributed by atoms with Crippen LogP contribution in [0.5, 0.6) is 0 Å². The maximum absolute atomic E-state index is 12.6. The van der Waals surface area contributed by atoms with Gasteiger partial charge in [0.25, 0.3) is 11.8 Å². The summed E-state index contributed by atoms with van der Waals surface area (Å²) in [6.07, 6.45) is 4.27. The predicted octanol–water partition coefficient (Wildman–Crippen LogP) is 1.96. The largest absolute Gasteiger partial charge is 0.396 e. The van der Waals surface area contributed by atoms with Gasteiger partial charge in [0.2, 0.25) is 0 Å². The second-order valence-electron chi connectivity index (χ2n) is 7.02. The molecule has 0 spiro atoms. The van der Waals surface area contributed by atoms with Crippen molar-refractivity contribution in [1.29, 1.82) is 0 Å². The Kier molecular flexibility index (Phi) is 5.19. The third kappa shape index (κ3) is 3.31. The van der Waals surface area contributed by atoms with Crippen LogP contribution in [0.1, 0.15) is 53.3 Å². The number of rotatable bonds is 6. The summed E-state index contributed by atoms with van der Waals surface area (Å²) in [5.41, 5.74) is 1.00. The minimum Gasteiger partial charge on any atom is -0.396 e. The fourth-order valence-corrected chi connectivity index (χ4v) is 4.28. The molecule has 1 aromatic rings. The second kappa shape index (κ2) is 7.34. The van der Waals surface area contributed by atoms with Gasteiger partial charge in [-0.15, -0.1) is 0 Å². The highest BCUT2D eigenvalue weighted by atomic mass is 16.3. The fraction of sp³-hybridized carbons (Fsp3) is 0.579. The first-order chi connectivity index (χ1) is 11.6. The van der Waals surface area contributed by atoms with E-state index in [1.807, 2.05) is 6.92 Å². The van der Waals surface area contributed by atoms with Gasteiger partial charge in [0, 0.05) is 36.2 Å². The number of fused-ring (bicyclic) bond motifs is 2. The first-order valence-electron chi connectivity index (χ1n) is 8.94. The number of aliphatic hydroxyl groups is 1. The van der Waals surface area contributed by atoms with E-state index in [0.717, 1.165) is 25.7 Å². The number of hydrogen-bond donors (Lipinski definition) is 3. The Hall–Kier alpha value is -1.88. The van der Waals surface area contributed by atoms with Gasteiger partial charge >= 0.3 is 0 Å². The van der Waals surface area contributed by atoms with Crippen LogP contribution >= 0.6 is 0 Å². The Morgan fingerprint density at radius 3 is 2.58 bits per heavy atom. The number of nitrogens with one attached hydrogen (secondary N) is 2. The molecule has 3 N–H and O–H groups in total. The van der Waals surface area contributed by atoms with Crippen molar-refractivity contribution in [3.05, 3.63) is 35.4 Å². The third-order valence-corrected chi connectivity index (χ3v) is 5.52. The lowest BCUT2D eigenvalue weighted by Gasteiger charge is -2.30. The Balaban J connectivity index is 1.68. The van der Waals surface area contributed by atoms with E-state index in [1.54, 1.807) is 24.3 Å². The molecule has 0 radical (unpaired) electrons. The summed E-state index contributed by atoms with van der Waals surface area (Å²) in [5, 5.41) is 15.6. The minimum absolute atomic E-state index is 0.0545. The van der Waals surface area contributed by atoms with Crippen molar-refractivity contribution in [2.24, 2.45) is 17.8 Å². The van der Waals surface area contributed by atoms with Gasteiger partial charge in [-0.1, -0.05) is 13.0 Å². The van der Waals surface area contributed by atoms with Crippen LogP contribution in [-0.4, -0.2) is 36.1 Å². The van der Waals surface area contributed by atoms with E-state index in [9.17, 15) is 14.7 Å². The van der Waals surface area contributed by atoms with Crippen molar-refractivity contribution in [3.8, 4) is 0 Å². The predicted molar refractivity (Wildman–Crippen MR) is 91.7 cm³/mol. The minimum atomic E-state index is -0.156. The van der Waals surface area contributed by atoms with Gasteiger partial charge in [-0.05, 0) is 55.7 Å². The summed E-state index contributed by atoms with van der Waals surface area (Å²) in [5.74, 6) is 0.878. The van der Waals surface area contributed by atoms with Crippen LogP contribution in [0.15, 0.2) is 24.3 Å². The highest BCUT2D eigenvalue weighted by Gasteiger charge is 2.47. The number of carbonyl (C=O) groups excluding carboxylic acids is 2. The molecule has 2 saturated carbocycles. The highest BCUT2D eigenvalue weighted by Crippen LogP contribution is 2.48. The molecular formula is C19H26N2O3. The zero-order valence-corrected chi connectivity index (χ0v) is 14.1. The van der Waals surface area contributed by atoms with Crippen molar-refractivity contribution >= 4 is 11.8 Å². The zero-order chi connectivity index (χ0) is 17.1. The summed E-state index contributed by atoms with van der Waals surface area (Å²) >= 11 is 0. The van der Waals surface area contributed by atoms with Crippen LogP contribution in [0.4, 0.5) is 0 Å². The van der Waals surface area contributed by atoms with Crippen molar-refractivity contribution in [2.75, 3.05) is 13.2 Å². The first-order valence-corrected chi connectivity index (χ1v) is 8.94. The number of carbonyl (C=O) groups is 2. The van der Waals surface area contributed by atoms with Gasteiger partial charge < -0.3 is 15.7 Å². The van der Waals surface area contributed by atoms with E-state index < -0.39 is 0 Å². The van der Waals surface area contributed by atoms with Crippen molar-refractivity contribution in [1.82, 2.24) is 10.6 Å². The van der Waals surface area contributed by atoms with Crippen LogP contribution in [0.25, 0.3) is 0 Å². The standard InChI is InChI=1S/C19H26N2O3/c1-2-8-20-18(23)14-4-3-5-15(10-14)19(24)21-17-13-7-6-12(9-13)16(17)11-22/h3-5,10,12-13,16-17,22H,2,6-9,11H2,1H3,(H,20,23)(H,21,24). The highest BCUT2D eigenvalue weighted by molar-refractivity contribution is 5.99. The Labute approximate surface area is 142 Å².